The van der Waals surface area contributed by atoms with Gasteiger partial charge in [0.15, 0.2) is 5.82 Å². The Kier molecular flexibility index (Phi) is 5.11. The van der Waals surface area contributed by atoms with Crippen LogP contribution in [0.3, 0.4) is 0 Å². The molecule has 1 heterocycles. The third-order valence-electron chi connectivity index (χ3n) is 4.09. The zero-order valence-corrected chi connectivity index (χ0v) is 13.0. The number of hydrogen-bond acceptors (Lipinski definition) is 4. The van der Waals surface area contributed by atoms with Gasteiger partial charge in [-0.1, -0.05) is 13.3 Å². The molecular weight excluding hydrogens is 250 g/mol. The van der Waals surface area contributed by atoms with E-state index in [0.717, 1.165) is 36.5 Å². The lowest BCUT2D eigenvalue weighted by molar-refractivity contribution is -0.0883. The van der Waals surface area contributed by atoms with Gasteiger partial charge in [0.25, 0.3) is 0 Å². The molecule has 2 N–H and O–H groups in total. The molecule has 0 spiro atoms. The van der Waals surface area contributed by atoms with Gasteiger partial charge in [-0.2, -0.15) is 0 Å². The van der Waals surface area contributed by atoms with Gasteiger partial charge in [0.05, 0.1) is 0 Å². The maximum atomic E-state index is 6.16. The van der Waals surface area contributed by atoms with E-state index in [2.05, 4.69) is 18.8 Å². The Morgan fingerprint density at radius 3 is 2.90 bits per heavy atom. The van der Waals surface area contributed by atoms with E-state index in [9.17, 15) is 0 Å². The van der Waals surface area contributed by atoms with Crippen molar-refractivity contribution in [1.29, 1.82) is 0 Å². The molecule has 112 valence electrons. The molecule has 2 rings (SSSR count). The molecule has 0 bridgehead atoms. The average Bonchev–Trinajstić information content (AvgIpc) is 2.39. The first-order chi connectivity index (χ1) is 9.59. The fourth-order valence-electron chi connectivity index (χ4n) is 3.29. The highest BCUT2D eigenvalue weighted by atomic mass is 16.5. The van der Waals surface area contributed by atoms with Crippen LogP contribution < -0.4 is 5.73 Å². The summed E-state index contributed by atoms with van der Waals surface area (Å²) < 4.78 is 6.16. The van der Waals surface area contributed by atoms with Gasteiger partial charge in [0, 0.05) is 24.4 Å². The second-order valence-corrected chi connectivity index (χ2v) is 5.99. The van der Waals surface area contributed by atoms with E-state index in [-0.39, 0.29) is 5.60 Å². The van der Waals surface area contributed by atoms with E-state index in [1.807, 2.05) is 13.0 Å². The van der Waals surface area contributed by atoms with E-state index < -0.39 is 0 Å². The van der Waals surface area contributed by atoms with Crippen molar-refractivity contribution < 1.29 is 4.74 Å². The van der Waals surface area contributed by atoms with Crippen molar-refractivity contribution in [3.05, 3.63) is 23.3 Å². The minimum atomic E-state index is -0.290. The monoisotopic (exact) mass is 277 g/mol. The zero-order valence-electron chi connectivity index (χ0n) is 13.0. The van der Waals surface area contributed by atoms with Crippen LogP contribution in [-0.2, 0) is 16.8 Å². The Morgan fingerprint density at radius 2 is 2.25 bits per heavy atom. The van der Waals surface area contributed by atoms with Crippen LogP contribution in [0.15, 0.2) is 6.07 Å². The van der Waals surface area contributed by atoms with Crippen molar-refractivity contribution >= 4 is 0 Å². The van der Waals surface area contributed by atoms with Crippen LogP contribution in [0.2, 0.25) is 0 Å². The van der Waals surface area contributed by atoms with E-state index in [4.69, 9.17) is 15.5 Å². The lowest BCUT2D eigenvalue weighted by Gasteiger charge is -2.38. The van der Waals surface area contributed by atoms with Crippen molar-refractivity contribution in [3.8, 4) is 0 Å². The fourth-order valence-corrected chi connectivity index (χ4v) is 3.29. The Labute approximate surface area is 122 Å². The van der Waals surface area contributed by atoms with Crippen molar-refractivity contribution in [2.24, 2.45) is 11.7 Å². The standard InChI is InChI=1S/C16H27N3O/c1-4-20-16(8-5-6-12(2)11-16)15-18-13(3)10-14(19-15)7-9-17/h10,12H,4-9,11,17H2,1-3H3. The first-order valence-electron chi connectivity index (χ1n) is 7.78. The Morgan fingerprint density at radius 1 is 1.45 bits per heavy atom. The van der Waals surface area contributed by atoms with Crippen LogP contribution in [-0.4, -0.2) is 23.1 Å². The quantitative estimate of drug-likeness (QED) is 0.899. The number of nitrogens with zero attached hydrogens (tertiary/aromatic N) is 2. The predicted molar refractivity (Wildman–Crippen MR) is 80.5 cm³/mol. The van der Waals surface area contributed by atoms with Gasteiger partial charge >= 0.3 is 0 Å². The molecule has 1 fully saturated rings. The number of nitrogens with two attached hydrogens (primary N) is 1. The average molecular weight is 277 g/mol. The molecule has 0 aromatic carbocycles. The van der Waals surface area contributed by atoms with Crippen LogP contribution in [0, 0.1) is 12.8 Å². The van der Waals surface area contributed by atoms with E-state index in [1.54, 1.807) is 0 Å². The summed E-state index contributed by atoms with van der Waals surface area (Å²) in [5, 5.41) is 0. The predicted octanol–water partition coefficient (Wildman–Crippen LogP) is 2.73. The Balaban J connectivity index is 2.37. The number of aromatic nitrogens is 2. The minimum Gasteiger partial charge on any atom is -0.367 e. The van der Waals surface area contributed by atoms with Gasteiger partial charge in [-0.15, -0.1) is 0 Å². The second kappa shape index (κ2) is 6.64. The summed E-state index contributed by atoms with van der Waals surface area (Å²) >= 11 is 0. The van der Waals surface area contributed by atoms with Gasteiger partial charge in [-0.05, 0) is 51.6 Å². The minimum absolute atomic E-state index is 0.290. The summed E-state index contributed by atoms with van der Waals surface area (Å²) in [6.45, 7) is 7.70. The van der Waals surface area contributed by atoms with Gasteiger partial charge in [-0.3, -0.25) is 0 Å². The molecule has 0 amide bonds. The first kappa shape index (κ1) is 15.4. The van der Waals surface area contributed by atoms with Crippen LogP contribution in [0.1, 0.15) is 56.7 Å². The number of hydrogen-bond donors (Lipinski definition) is 1. The molecule has 4 heteroatoms. The molecule has 20 heavy (non-hydrogen) atoms. The summed E-state index contributed by atoms with van der Waals surface area (Å²) in [7, 11) is 0. The molecular formula is C16H27N3O. The second-order valence-electron chi connectivity index (χ2n) is 5.99. The number of aryl methyl sites for hydroxylation is 1. The van der Waals surface area contributed by atoms with Crippen LogP contribution in [0.5, 0.6) is 0 Å². The maximum absolute atomic E-state index is 6.16. The topological polar surface area (TPSA) is 61.0 Å². The summed E-state index contributed by atoms with van der Waals surface area (Å²) in [5.41, 5.74) is 7.42. The van der Waals surface area contributed by atoms with Crippen molar-refractivity contribution in [3.63, 3.8) is 0 Å². The molecule has 4 nitrogen and oxygen atoms in total. The largest absolute Gasteiger partial charge is 0.367 e. The van der Waals surface area contributed by atoms with E-state index >= 15 is 0 Å². The number of ether oxygens (including phenoxy) is 1. The highest BCUT2D eigenvalue weighted by molar-refractivity contribution is 5.15. The van der Waals surface area contributed by atoms with Crippen LogP contribution in [0.4, 0.5) is 0 Å². The SMILES string of the molecule is CCOC1(c2nc(C)cc(CCN)n2)CCCC(C)C1. The van der Waals surface area contributed by atoms with Gasteiger partial charge < -0.3 is 10.5 Å². The molecule has 2 unspecified atom stereocenters. The van der Waals surface area contributed by atoms with Crippen LogP contribution >= 0.6 is 0 Å². The third kappa shape index (κ3) is 3.36. The van der Waals surface area contributed by atoms with Gasteiger partial charge in [0.1, 0.15) is 5.60 Å². The molecule has 1 aliphatic rings. The highest BCUT2D eigenvalue weighted by Gasteiger charge is 2.40. The third-order valence-corrected chi connectivity index (χ3v) is 4.09. The normalized spacial score (nSPS) is 26.7. The van der Waals surface area contributed by atoms with E-state index in [0.29, 0.717) is 19.1 Å². The molecule has 1 saturated carbocycles. The van der Waals surface area contributed by atoms with Crippen molar-refractivity contribution in [2.75, 3.05) is 13.2 Å². The fraction of sp³-hybridized carbons (Fsp3) is 0.750. The van der Waals surface area contributed by atoms with Crippen LogP contribution in [0.25, 0.3) is 0 Å². The first-order valence-corrected chi connectivity index (χ1v) is 7.78. The maximum Gasteiger partial charge on any atom is 0.160 e. The molecule has 0 saturated heterocycles. The van der Waals surface area contributed by atoms with Crippen molar-refractivity contribution in [2.45, 2.75) is 58.5 Å². The smallest absolute Gasteiger partial charge is 0.160 e. The Hall–Kier alpha value is -1.00. The summed E-state index contributed by atoms with van der Waals surface area (Å²) in [6, 6.07) is 2.03. The molecule has 0 radical (unpaired) electrons. The summed E-state index contributed by atoms with van der Waals surface area (Å²) in [5.74, 6) is 1.53. The summed E-state index contributed by atoms with van der Waals surface area (Å²) in [4.78, 5) is 9.44. The molecule has 2 atom stereocenters. The van der Waals surface area contributed by atoms with Gasteiger partial charge in [-0.25, -0.2) is 9.97 Å². The van der Waals surface area contributed by atoms with Gasteiger partial charge in [0.2, 0.25) is 0 Å². The highest BCUT2D eigenvalue weighted by Crippen LogP contribution is 2.41. The van der Waals surface area contributed by atoms with E-state index in [1.165, 1.54) is 12.8 Å². The summed E-state index contributed by atoms with van der Waals surface area (Å²) in [6.07, 6.45) is 5.30. The lowest BCUT2D eigenvalue weighted by Crippen LogP contribution is -2.37. The lowest BCUT2D eigenvalue weighted by atomic mass is 9.78. The molecule has 1 aliphatic carbocycles. The molecule has 1 aromatic rings. The van der Waals surface area contributed by atoms with Crippen molar-refractivity contribution in [1.82, 2.24) is 9.97 Å². The number of rotatable bonds is 5. The zero-order chi connectivity index (χ0) is 14.6. The molecule has 1 aromatic heterocycles. The Bertz CT molecular complexity index is 445. The molecule has 0 aliphatic heterocycles.